The molecule has 1 saturated carbocycles. The van der Waals surface area contributed by atoms with Crippen LogP contribution in [0.1, 0.15) is 54.2 Å². The molecule has 0 unspecified atom stereocenters. The monoisotopic (exact) mass is 542 g/mol. The molecule has 1 aliphatic heterocycles. The van der Waals surface area contributed by atoms with Gasteiger partial charge in [0.25, 0.3) is 5.91 Å². The van der Waals surface area contributed by atoms with E-state index in [1.165, 1.54) is 17.2 Å². The smallest absolute Gasteiger partial charge is 0.289 e. The number of amides is 1. The standard InChI is InChI=1S/C27H38N6O4S/c1-31-13-11-28-26(31)27(34)33-12-10-22(16-30-38(3,35)36)25(17-33)37-18-19-4-6-20(7-5-19)21-8-9-24-23(14-21)15-29-32(24)2/h8-9,11,13-15,19-20,22,25,30H,4-7,10,12,16-18H2,1-3H3/t19?,20?,22-,25-/m1/s1. The van der Waals surface area contributed by atoms with Crippen molar-refractivity contribution in [2.45, 2.75) is 44.1 Å². The van der Waals surface area contributed by atoms with Gasteiger partial charge in [0, 0.05) is 64.0 Å². The summed E-state index contributed by atoms with van der Waals surface area (Å²) in [5.41, 5.74) is 2.53. The number of rotatable bonds is 8. The first-order valence-corrected chi connectivity index (χ1v) is 15.3. The number of carbonyl (C=O) groups is 1. The van der Waals surface area contributed by atoms with E-state index in [0.29, 0.717) is 50.3 Å². The number of aromatic nitrogens is 4. The number of fused-ring (bicyclic) bond motifs is 1. The number of aryl methyl sites for hydroxylation is 2. The number of nitrogens with one attached hydrogen (secondary N) is 1. The summed E-state index contributed by atoms with van der Waals surface area (Å²) in [7, 11) is 0.472. The van der Waals surface area contributed by atoms with Crippen LogP contribution in [-0.2, 0) is 28.9 Å². The van der Waals surface area contributed by atoms with E-state index in [1.54, 1.807) is 21.9 Å². The molecule has 0 spiro atoms. The summed E-state index contributed by atoms with van der Waals surface area (Å²) in [6.45, 7) is 1.92. The molecular weight excluding hydrogens is 504 g/mol. The topological polar surface area (TPSA) is 111 Å². The van der Waals surface area contributed by atoms with Crippen LogP contribution in [0.25, 0.3) is 10.9 Å². The Hall–Kier alpha value is -2.76. The molecule has 3 heterocycles. The second kappa shape index (κ2) is 11.2. The summed E-state index contributed by atoms with van der Waals surface area (Å²) in [6, 6.07) is 6.68. The van der Waals surface area contributed by atoms with E-state index in [9.17, 15) is 13.2 Å². The van der Waals surface area contributed by atoms with Crippen LogP contribution in [0.15, 0.2) is 36.8 Å². The first kappa shape index (κ1) is 26.8. The van der Waals surface area contributed by atoms with Crippen molar-refractivity contribution in [3.63, 3.8) is 0 Å². The summed E-state index contributed by atoms with van der Waals surface area (Å²) in [5, 5.41) is 5.55. The normalized spacial score (nSPS) is 24.7. The van der Waals surface area contributed by atoms with Gasteiger partial charge in [0.1, 0.15) is 0 Å². The molecule has 11 heteroatoms. The Balaban J connectivity index is 1.19. The van der Waals surface area contributed by atoms with E-state index >= 15 is 0 Å². The molecule has 1 aliphatic carbocycles. The highest BCUT2D eigenvalue weighted by Crippen LogP contribution is 2.37. The minimum atomic E-state index is -3.30. The van der Waals surface area contributed by atoms with E-state index in [2.05, 4.69) is 33.0 Å². The lowest BCUT2D eigenvalue weighted by molar-refractivity contribution is -0.0474. The third-order valence-electron chi connectivity index (χ3n) is 8.24. The zero-order valence-corrected chi connectivity index (χ0v) is 23.2. The molecule has 2 aliphatic rings. The minimum Gasteiger partial charge on any atom is -0.376 e. The Labute approximate surface area is 224 Å². The van der Waals surface area contributed by atoms with Crippen LogP contribution in [0, 0.1) is 11.8 Å². The maximum absolute atomic E-state index is 13.1. The van der Waals surface area contributed by atoms with Crippen LogP contribution in [0.2, 0.25) is 0 Å². The summed E-state index contributed by atoms with van der Waals surface area (Å²) >= 11 is 0. The zero-order chi connectivity index (χ0) is 26.9. The van der Waals surface area contributed by atoms with Gasteiger partial charge in [-0.15, -0.1) is 0 Å². The van der Waals surface area contributed by atoms with Crippen LogP contribution < -0.4 is 4.72 Å². The third-order valence-corrected chi connectivity index (χ3v) is 8.93. The molecule has 1 saturated heterocycles. The number of sulfonamides is 1. The Bertz CT molecular complexity index is 1380. The highest BCUT2D eigenvalue weighted by molar-refractivity contribution is 7.88. The van der Waals surface area contributed by atoms with Crippen molar-refractivity contribution in [3.05, 3.63) is 48.2 Å². The Morgan fingerprint density at radius 2 is 1.95 bits per heavy atom. The van der Waals surface area contributed by atoms with Crippen molar-refractivity contribution in [1.82, 2.24) is 29.0 Å². The number of benzene rings is 1. The Morgan fingerprint density at radius 3 is 2.66 bits per heavy atom. The summed E-state index contributed by atoms with van der Waals surface area (Å²) in [5.74, 6) is 1.30. The summed E-state index contributed by atoms with van der Waals surface area (Å²) in [4.78, 5) is 19.1. The van der Waals surface area contributed by atoms with Crippen LogP contribution in [0.5, 0.6) is 0 Å². The number of piperidine rings is 1. The number of hydrogen-bond acceptors (Lipinski definition) is 6. The molecule has 0 radical (unpaired) electrons. The molecule has 10 nitrogen and oxygen atoms in total. The van der Waals surface area contributed by atoms with Gasteiger partial charge in [-0.1, -0.05) is 6.07 Å². The van der Waals surface area contributed by atoms with Gasteiger partial charge >= 0.3 is 0 Å². The molecule has 1 aromatic carbocycles. The van der Waals surface area contributed by atoms with Gasteiger partial charge in [-0.2, -0.15) is 5.10 Å². The average molecular weight is 543 g/mol. The second-order valence-corrected chi connectivity index (χ2v) is 12.8. The highest BCUT2D eigenvalue weighted by Gasteiger charge is 2.35. The van der Waals surface area contributed by atoms with Crippen molar-refractivity contribution in [3.8, 4) is 0 Å². The minimum absolute atomic E-state index is 0.0118. The van der Waals surface area contributed by atoms with E-state index in [1.807, 2.05) is 25.0 Å². The van der Waals surface area contributed by atoms with E-state index in [4.69, 9.17) is 4.74 Å². The van der Waals surface area contributed by atoms with Gasteiger partial charge in [-0.05, 0) is 61.6 Å². The summed E-state index contributed by atoms with van der Waals surface area (Å²) in [6.07, 6.45) is 11.3. The number of likely N-dealkylation sites (tertiary alicyclic amines) is 1. The number of carbonyl (C=O) groups excluding carboxylic acids is 1. The fourth-order valence-electron chi connectivity index (χ4n) is 5.90. The fraction of sp³-hybridized carbons (Fsp3) is 0.593. The third kappa shape index (κ3) is 6.10. The zero-order valence-electron chi connectivity index (χ0n) is 22.4. The Morgan fingerprint density at radius 1 is 1.16 bits per heavy atom. The predicted octanol–water partition coefficient (Wildman–Crippen LogP) is 2.68. The first-order valence-electron chi connectivity index (χ1n) is 13.4. The molecule has 0 bridgehead atoms. The second-order valence-electron chi connectivity index (χ2n) is 11.0. The van der Waals surface area contributed by atoms with Gasteiger partial charge in [0.05, 0.1) is 24.1 Å². The van der Waals surface area contributed by atoms with Crippen LogP contribution in [0.4, 0.5) is 0 Å². The molecule has 2 fully saturated rings. The Kier molecular flexibility index (Phi) is 7.88. The van der Waals surface area contributed by atoms with Gasteiger partial charge < -0.3 is 14.2 Å². The number of hydrogen-bond donors (Lipinski definition) is 1. The molecule has 5 rings (SSSR count). The lowest BCUT2D eigenvalue weighted by atomic mass is 9.79. The SMILES string of the molecule is Cn1ccnc1C(=O)N1CC[C@H](CNS(C)(=O)=O)[C@H](OCC2CCC(c3ccc4c(cnn4C)c3)CC2)C1. The van der Waals surface area contributed by atoms with Gasteiger partial charge in [-0.3, -0.25) is 9.48 Å². The summed E-state index contributed by atoms with van der Waals surface area (Å²) < 4.78 is 36.2. The molecule has 2 atom stereocenters. The lowest BCUT2D eigenvalue weighted by Crippen LogP contribution is -2.51. The molecule has 206 valence electrons. The van der Waals surface area contributed by atoms with Crippen LogP contribution in [0.3, 0.4) is 0 Å². The molecule has 2 aromatic heterocycles. The van der Waals surface area contributed by atoms with Gasteiger partial charge in [0.15, 0.2) is 5.82 Å². The van der Waals surface area contributed by atoms with E-state index < -0.39 is 10.0 Å². The molecule has 38 heavy (non-hydrogen) atoms. The first-order chi connectivity index (χ1) is 18.2. The largest absolute Gasteiger partial charge is 0.376 e. The number of ether oxygens (including phenoxy) is 1. The van der Waals surface area contributed by atoms with Crippen molar-refractivity contribution in [2.24, 2.45) is 25.9 Å². The van der Waals surface area contributed by atoms with E-state index in [0.717, 1.165) is 31.2 Å². The molecule has 1 N–H and O–H groups in total. The molecule has 1 amide bonds. The molecular formula is C27H38N6O4S. The highest BCUT2D eigenvalue weighted by atomic mass is 32.2. The van der Waals surface area contributed by atoms with Crippen molar-refractivity contribution in [1.29, 1.82) is 0 Å². The van der Waals surface area contributed by atoms with Gasteiger partial charge in [0.2, 0.25) is 10.0 Å². The van der Waals surface area contributed by atoms with Crippen molar-refractivity contribution < 1.29 is 17.9 Å². The molecule has 3 aromatic rings. The quantitative estimate of drug-likeness (QED) is 0.469. The maximum Gasteiger partial charge on any atom is 0.289 e. The van der Waals surface area contributed by atoms with Crippen molar-refractivity contribution >= 4 is 26.8 Å². The predicted molar refractivity (Wildman–Crippen MR) is 145 cm³/mol. The number of nitrogens with zero attached hydrogens (tertiary/aromatic N) is 5. The fourth-order valence-corrected chi connectivity index (χ4v) is 6.42. The maximum atomic E-state index is 13.1. The average Bonchev–Trinajstić information content (AvgIpc) is 3.50. The van der Waals surface area contributed by atoms with Gasteiger partial charge in [-0.25, -0.2) is 18.1 Å². The van der Waals surface area contributed by atoms with Crippen molar-refractivity contribution in [2.75, 3.05) is 32.5 Å². The van der Waals surface area contributed by atoms with E-state index in [-0.39, 0.29) is 17.9 Å². The van der Waals surface area contributed by atoms with Crippen LogP contribution in [-0.4, -0.2) is 77.2 Å². The number of imidazole rings is 1. The lowest BCUT2D eigenvalue weighted by Gasteiger charge is -2.39. The van der Waals surface area contributed by atoms with Crippen LogP contribution >= 0.6 is 0 Å².